The van der Waals surface area contributed by atoms with Gasteiger partial charge in [0.25, 0.3) is 5.56 Å². The number of hydrogen-bond acceptors (Lipinski definition) is 5. The van der Waals surface area contributed by atoms with Crippen molar-refractivity contribution in [2.45, 2.75) is 20.0 Å². The zero-order valence-corrected chi connectivity index (χ0v) is 12.5. The first-order chi connectivity index (χ1) is 10.9. The van der Waals surface area contributed by atoms with Gasteiger partial charge in [-0.2, -0.15) is 5.10 Å². The molecule has 0 fully saturated rings. The van der Waals surface area contributed by atoms with Crippen LogP contribution in [0.15, 0.2) is 35.4 Å². The van der Waals surface area contributed by atoms with Gasteiger partial charge in [0.05, 0.1) is 28.8 Å². The molecule has 8 nitrogen and oxygen atoms in total. The summed E-state index contributed by atoms with van der Waals surface area (Å²) in [5, 5.41) is 13.2. The minimum absolute atomic E-state index is 0.00171. The summed E-state index contributed by atoms with van der Waals surface area (Å²) in [6, 6.07) is 5.00. The highest BCUT2D eigenvalue weighted by Gasteiger charge is 2.11. The summed E-state index contributed by atoms with van der Waals surface area (Å²) in [6.07, 6.45) is 2.46. The van der Waals surface area contributed by atoms with Gasteiger partial charge in [-0.1, -0.05) is 0 Å². The first kappa shape index (κ1) is 14.8. The molecule has 0 spiro atoms. The maximum Gasteiger partial charge on any atom is 0.338 e. The van der Waals surface area contributed by atoms with Crippen molar-refractivity contribution in [2.75, 3.05) is 0 Å². The van der Waals surface area contributed by atoms with Gasteiger partial charge in [-0.25, -0.2) is 14.5 Å². The molecule has 3 aromatic rings. The molecule has 0 saturated heterocycles. The molecular weight excluding hydrogens is 300 g/mol. The van der Waals surface area contributed by atoms with E-state index in [-0.39, 0.29) is 23.2 Å². The second-order valence-electron chi connectivity index (χ2n) is 5.21. The zero-order chi connectivity index (χ0) is 16.6. The van der Waals surface area contributed by atoms with Crippen LogP contribution in [-0.2, 0) is 0 Å². The molecule has 2 heterocycles. The van der Waals surface area contributed by atoms with Crippen LogP contribution >= 0.6 is 0 Å². The Kier molecular flexibility index (Phi) is 3.57. The highest BCUT2D eigenvalue weighted by atomic mass is 16.5. The summed E-state index contributed by atoms with van der Waals surface area (Å²) in [5.74, 6) is -0.369. The number of aromatic nitrogens is 4. The fraction of sp³-hybridized carbons (Fsp3) is 0.200. The number of carboxylic acid groups (broad SMARTS) is 1. The highest BCUT2D eigenvalue weighted by molar-refractivity contribution is 5.87. The first-order valence-electron chi connectivity index (χ1n) is 6.93. The van der Waals surface area contributed by atoms with E-state index in [4.69, 9.17) is 9.84 Å². The number of rotatable bonds is 4. The van der Waals surface area contributed by atoms with E-state index in [1.165, 1.54) is 17.1 Å². The van der Waals surface area contributed by atoms with Crippen molar-refractivity contribution < 1.29 is 14.6 Å². The van der Waals surface area contributed by atoms with Gasteiger partial charge in [-0.15, -0.1) is 0 Å². The predicted molar refractivity (Wildman–Crippen MR) is 82.2 cm³/mol. The fourth-order valence-electron chi connectivity index (χ4n) is 2.11. The molecule has 0 atom stereocenters. The number of carboxylic acids is 1. The Hall–Kier alpha value is -3.16. The Morgan fingerprint density at radius 2 is 2.17 bits per heavy atom. The fourth-order valence-corrected chi connectivity index (χ4v) is 2.11. The van der Waals surface area contributed by atoms with Crippen LogP contribution in [0.5, 0.6) is 5.75 Å². The molecule has 3 rings (SSSR count). The van der Waals surface area contributed by atoms with Gasteiger partial charge >= 0.3 is 5.97 Å². The second kappa shape index (κ2) is 5.56. The van der Waals surface area contributed by atoms with Gasteiger partial charge in [0.1, 0.15) is 5.75 Å². The smallest absolute Gasteiger partial charge is 0.338 e. The minimum atomic E-state index is -1.10. The number of aromatic amines is 1. The lowest BCUT2D eigenvalue weighted by molar-refractivity contribution is 0.0697. The Morgan fingerprint density at radius 1 is 1.39 bits per heavy atom. The van der Waals surface area contributed by atoms with Gasteiger partial charge in [0.2, 0.25) is 5.95 Å². The lowest BCUT2D eigenvalue weighted by atomic mass is 10.2. The van der Waals surface area contributed by atoms with Crippen molar-refractivity contribution in [1.82, 2.24) is 19.7 Å². The number of nitrogens with one attached hydrogen (secondary N) is 1. The van der Waals surface area contributed by atoms with Gasteiger partial charge in [-0.05, 0) is 26.0 Å². The van der Waals surface area contributed by atoms with Crippen LogP contribution in [0.2, 0.25) is 0 Å². The van der Waals surface area contributed by atoms with E-state index in [0.29, 0.717) is 16.7 Å². The average Bonchev–Trinajstić information content (AvgIpc) is 2.96. The van der Waals surface area contributed by atoms with E-state index in [9.17, 15) is 9.59 Å². The van der Waals surface area contributed by atoms with Crippen LogP contribution in [0.4, 0.5) is 0 Å². The molecule has 0 saturated carbocycles. The summed E-state index contributed by atoms with van der Waals surface area (Å²) in [6.45, 7) is 3.80. The summed E-state index contributed by atoms with van der Waals surface area (Å²) >= 11 is 0. The van der Waals surface area contributed by atoms with Crippen molar-refractivity contribution >= 4 is 16.9 Å². The predicted octanol–water partition coefficient (Wildman–Crippen LogP) is 1.59. The molecular formula is C15H14N4O4. The van der Waals surface area contributed by atoms with Crippen molar-refractivity contribution in [3.05, 3.63) is 46.5 Å². The molecule has 2 N–H and O–H groups in total. The van der Waals surface area contributed by atoms with Crippen LogP contribution in [0.1, 0.15) is 24.2 Å². The van der Waals surface area contributed by atoms with E-state index < -0.39 is 5.97 Å². The summed E-state index contributed by atoms with van der Waals surface area (Å²) in [4.78, 5) is 30.0. The van der Waals surface area contributed by atoms with Crippen molar-refractivity contribution in [1.29, 1.82) is 0 Å². The molecule has 0 bridgehead atoms. The molecule has 0 amide bonds. The molecule has 0 radical (unpaired) electrons. The number of H-pyrrole nitrogens is 1. The molecule has 0 aliphatic rings. The van der Waals surface area contributed by atoms with Gasteiger partial charge in [-0.3, -0.25) is 9.78 Å². The molecule has 1 aromatic carbocycles. The largest absolute Gasteiger partial charge is 0.491 e. The van der Waals surface area contributed by atoms with Gasteiger partial charge in [0, 0.05) is 12.3 Å². The Bertz CT molecular complexity index is 942. The maximum atomic E-state index is 12.2. The number of hydrogen-bond donors (Lipinski definition) is 2. The maximum absolute atomic E-state index is 12.2. The molecule has 0 unspecified atom stereocenters. The Labute approximate surface area is 130 Å². The van der Waals surface area contributed by atoms with E-state index in [2.05, 4.69) is 15.1 Å². The lowest BCUT2D eigenvalue weighted by Gasteiger charge is -2.10. The molecule has 2 aromatic heterocycles. The molecule has 23 heavy (non-hydrogen) atoms. The van der Waals surface area contributed by atoms with Crippen LogP contribution < -0.4 is 10.3 Å². The van der Waals surface area contributed by atoms with E-state index in [1.807, 2.05) is 13.8 Å². The van der Waals surface area contributed by atoms with E-state index >= 15 is 0 Å². The molecule has 0 aliphatic carbocycles. The van der Waals surface area contributed by atoms with Crippen molar-refractivity contribution in [3.63, 3.8) is 0 Å². The molecule has 8 heteroatoms. The van der Waals surface area contributed by atoms with Crippen LogP contribution in [0, 0.1) is 0 Å². The second-order valence-corrected chi connectivity index (χ2v) is 5.21. The third-order valence-corrected chi connectivity index (χ3v) is 3.08. The van der Waals surface area contributed by atoms with E-state index in [0.717, 1.165) is 0 Å². The SMILES string of the molecule is CC(C)Oc1ccc2c(=O)[nH]c(-n3cc(C(=O)O)cn3)nc2c1. The van der Waals surface area contributed by atoms with Gasteiger partial charge < -0.3 is 9.84 Å². The number of aromatic carboxylic acids is 1. The Morgan fingerprint density at radius 3 is 2.83 bits per heavy atom. The number of benzene rings is 1. The minimum Gasteiger partial charge on any atom is -0.491 e. The number of ether oxygens (including phenoxy) is 1. The average molecular weight is 314 g/mol. The van der Waals surface area contributed by atoms with Crippen LogP contribution in [0.25, 0.3) is 16.9 Å². The van der Waals surface area contributed by atoms with Crippen molar-refractivity contribution in [3.8, 4) is 11.7 Å². The number of nitrogens with zero attached hydrogens (tertiary/aromatic N) is 3. The van der Waals surface area contributed by atoms with Crippen LogP contribution in [0.3, 0.4) is 0 Å². The van der Waals surface area contributed by atoms with E-state index in [1.54, 1.807) is 18.2 Å². The normalized spacial score (nSPS) is 11.1. The summed E-state index contributed by atoms with van der Waals surface area (Å²) in [7, 11) is 0. The standard InChI is InChI=1S/C15H14N4O4/c1-8(2)23-10-3-4-11-12(5-10)17-15(18-13(11)20)19-7-9(6-16-19)14(21)22/h3-8H,1-2H3,(H,21,22)(H,17,18,20). The first-order valence-corrected chi connectivity index (χ1v) is 6.93. The number of fused-ring (bicyclic) bond motifs is 1. The van der Waals surface area contributed by atoms with Crippen LogP contribution in [-0.4, -0.2) is 36.9 Å². The molecule has 0 aliphatic heterocycles. The topological polar surface area (TPSA) is 110 Å². The third-order valence-electron chi connectivity index (χ3n) is 3.08. The molecule has 118 valence electrons. The summed E-state index contributed by atoms with van der Waals surface area (Å²) in [5.41, 5.74) is 0.104. The highest BCUT2D eigenvalue weighted by Crippen LogP contribution is 2.18. The quantitative estimate of drug-likeness (QED) is 0.756. The lowest BCUT2D eigenvalue weighted by Crippen LogP contribution is -2.14. The zero-order valence-electron chi connectivity index (χ0n) is 12.5. The van der Waals surface area contributed by atoms with Gasteiger partial charge in [0.15, 0.2) is 0 Å². The van der Waals surface area contributed by atoms with Crippen molar-refractivity contribution in [2.24, 2.45) is 0 Å². The third kappa shape index (κ3) is 2.91. The Balaban J connectivity index is 2.10. The summed E-state index contributed by atoms with van der Waals surface area (Å²) < 4.78 is 6.80. The number of carbonyl (C=O) groups is 1. The monoisotopic (exact) mass is 314 g/mol.